The lowest BCUT2D eigenvalue weighted by Crippen LogP contribution is -2.43. The lowest BCUT2D eigenvalue weighted by molar-refractivity contribution is -0.144. The maximum absolute atomic E-state index is 11.6. The third-order valence-corrected chi connectivity index (χ3v) is 3.46. The van der Waals surface area contributed by atoms with E-state index in [0.717, 1.165) is 26.1 Å². The van der Waals surface area contributed by atoms with Crippen molar-refractivity contribution in [3.05, 3.63) is 0 Å². The molecule has 0 radical (unpaired) electrons. The summed E-state index contributed by atoms with van der Waals surface area (Å²) in [6, 6.07) is 0. The lowest BCUT2D eigenvalue weighted by atomic mass is 10.1. The molecular formula is C11H19N3O2. The summed E-state index contributed by atoms with van der Waals surface area (Å²) in [6.07, 6.45) is 2.33. The zero-order valence-electron chi connectivity index (χ0n) is 9.74. The molecule has 0 aromatic heterocycles. The summed E-state index contributed by atoms with van der Waals surface area (Å²) in [5, 5.41) is 2.38. The highest BCUT2D eigenvalue weighted by atomic mass is 16.2. The molecule has 90 valence electrons. The Labute approximate surface area is 95.8 Å². The Kier molecular flexibility index (Phi) is 3.43. The van der Waals surface area contributed by atoms with Crippen LogP contribution in [0.25, 0.3) is 0 Å². The Morgan fingerprint density at radius 2 is 2.06 bits per heavy atom. The first-order valence-corrected chi connectivity index (χ1v) is 5.94. The Balaban J connectivity index is 1.78. The highest BCUT2D eigenvalue weighted by Crippen LogP contribution is 2.19. The average Bonchev–Trinajstić information content (AvgIpc) is 2.69. The van der Waals surface area contributed by atoms with Crippen molar-refractivity contribution in [2.45, 2.75) is 12.8 Å². The molecule has 2 amide bonds. The second-order valence-corrected chi connectivity index (χ2v) is 4.64. The monoisotopic (exact) mass is 225 g/mol. The Morgan fingerprint density at radius 3 is 2.62 bits per heavy atom. The van der Waals surface area contributed by atoms with Crippen LogP contribution in [-0.2, 0) is 9.59 Å². The number of nitrogens with zero attached hydrogens (tertiary/aromatic N) is 2. The van der Waals surface area contributed by atoms with Crippen LogP contribution in [0.5, 0.6) is 0 Å². The van der Waals surface area contributed by atoms with Crippen LogP contribution < -0.4 is 5.32 Å². The number of likely N-dealkylation sites (N-methyl/N-ethyl adjacent to an activating group) is 1. The highest BCUT2D eigenvalue weighted by Gasteiger charge is 2.31. The van der Waals surface area contributed by atoms with Crippen molar-refractivity contribution in [1.82, 2.24) is 15.1 Å². The molecule has 2 heterocycles. The van der Waals surface area contributed by atoms with Gasteiger partial charge in [-0.2, -0.15) is 0 Å². The summed E-state index contributed by atoms with van der Waals surface area (Å²) in [4.78, 5) is 26.9. The summed E-state index contributed by atoms with van der Waals surface area (Å²) in [6.45, 7) is 4.94. The molecule has 0 bridgehead atoms. The van der Waals surface area contributed by atoms with Crippen molar-refractivity contribution in [2.24, 2.45) is 5.92 Å². The van der Waals surface area contributed by atoms with E-state index in [1.807, 2.05) is 0 Å². The number of likely N-dealkylation sites (tertiary alicyclic amines) is 2. The fourth-order valence-electron chi connectivity index (χ4n) is 2.35. The first kappa shape index (κ1) is 11.4. The van der Waals surface area contributed by atoms with Gasteiger partial charge in [0.25, 0.3) is 0 Å². The largest absolute Gasteiger partial charge is 0.351 e. The van der Waals surface area contributed by atoms with Gasteiger partial charge in [0.2, 0.25) is 0 Å². The summed E-state index contributed by atoms with van der Waals surface area (Å²) < 4.78 is 0. The van der Waals surface area contributed by atoms with Crippen molar-refractivity contribution >= 4 is 11.8 Å². The number of carbonyl (C=O) groups excluding carboxylic acids is 2. The van der Waals surface area contributed by atoms with E-state index < -0.39 is 5.91 Å². The second-order valence-electron chi connectivity index (χ2n) is 4.64. The van der Waals surface area contributed by atoms with Crippen LogP contribution in [0, 0.1) is 5.92 Å². The molecule has 2 saturated heterocycles. The Morgan fingerprint density at radius 1 is 1.31 bits per heavy atom. The molecule has 0 saturated carbocycles. The minimum atomic E-state index is -0.496. The van der Waals surface area contributed by atoms with Crippen LogP contribution >= 0.6 is 0 Å². The summed E-state index contributed by atoms with van der Waals surface area (Å²) in [5.74, 6) is -0.327. The van der Waals surface area contributed by atoms with Crippen LogP contribution in [0.15, 0.2) is 0 Å². The summed E-state index contributed by atoms with van der Waals surface area (Å²) in [7, 11) is 1.49. The molecule has 16 heavy (non-hydrogen) atoms. The molecule has 5 heteroatoms. The zero-order valence-corrected chi connectivity index (χ0v) is 9.74. The van der Waals surface area contributed by atoms with Gasteiger partial charge in [-0.1, -0.05) is 0 Å². The smallest absolute Gasteiger partial charge is 0.311 e. The van der Waals surface area contributed by atoms with E-state index in [-0.39, 0.29) is 5.91 Å². The molecule has 1 N–H and O–H groups in total. The van der Waals surface area contributed by atoms with Gasteiger partial charge in [0.05, 0.1) is 0 Å². The quantitative estimate of drug-likeness (QED) is 0.631. The van der Waals surface area contributed by atoms with Gasteiger partial charge >= 0.3 is 11.8 Å². The van der Waals surface area contributed by atoms with Gasteiger partial charge in [0.15, 0.2) is 0 Å². The molecule has 0 aromatic rings. The predicted molar refractivity (Wildman–Crippen MR) is 59.8 cm³/mol. The maximum atomic E-state index is 11.6. The van der Waals surface area contributed by atoms with Gasteiger partial charge in [-0.05, 0) is 31.8 Å². The fraction of sp³-hybridized carbons (Fsp3) is 0.818. The number of hydrogen-bond donors (Lipinski definition) is 1. The van der Waals surface area contributed by atoms with Crippen LogP contribution in [0.3, 0.4) is 0 Å². The van der Waals surface area contributed by atoms with Crippen LogP contribution in [0.2, 0.25) is 0 Å². The molecule has 0 spiro atoms. The number of rotatable bonds is 2. The Hall–Kier alpha value is -1.10. The van der Waals surface area contributed by atoms with Crippen molar-refractivity contribution in [2.75, 3.05) is 39.8 Å². The van der Waals surface area contributed by atoms with Gasteiger partial charge in [0.1, 0.15) is 0 Å². The molecule has 0 aromatic carbocycles. The minimum absolute atomic E-state index is 0.381. The topological polar surface area (TPSA) is 52.7 Å². The molecule has 2 rings (SSSR count). The first-order valence-electron chi connectivity index (χ1n) is 5.94. The first-order chi connectivity index (χ1) is 7.70. The predicted octanol–water partition coefficient (Wildman–Crippen LogP) is -0.713. The zero-order chi connectivity index (χ0) is 11.5. The molecule has 0 unspecified atom stereocenters. The normalized spacial score (nSPS) is 25.3. The van der Waals surface area contributed by atoms with Crippen molar-refractivity contribution in [3.8, 4) is 0 Å². The fourth-order valence-corrected chi connectivity index (χ4v) is 2.35. The van der Waals surface area contributed by atoms with E-state index in [0.29, 0.717) is 5.92 Å². The number of nitrogens with one attached hydrogen (secondary N) is 1. The average molecular weight is 225 g/mol. The van der Waals surface area contributed by atoms with Gasteiger partial charge < -0.3 is 15.1 Å². The number of amides is 2. The van der Waals surface area contributed by atoms with Crippen LogP contribution in [0.4, 0.5) is 0 Å². The molecule has 5 nitrogen and oxygen atoms in total. The van der Waals surface area contributed by atoms with E-state index in [1.54, 1.807) is 4.90 Å². The van der Waals surface area contributed by atoms with E-state index in [1.165, 1.54) is 26.6 Å². The number of carbonyl (C=O) groups is 2. The molecule has 2 aliphatic rings. The molecule has 0 aliphatic carbocycles. The standard InChI is InChI=1S/C11H19N3O2/c1-12-10(15)11(16)14-6-3-9(8-14)7-13-4-2-5-13/h9H,2-8H2,1H3,(H,12,15)/t9-/m0/s1. The van der Waals surface area contributed by atoms with E-state index >= 15 is 0 Å². The van der Waals surface area contributed by atoms with Gasteiger partial charge in [-0.15, -0.1) is 0 Å². The van der Waals surface area contributed by atoms with Crippen LogP contribution in [-0.4, -0.2) is 61.4 Å². The van der Waals surface area contributed by atoms with Crippen LogP contribution in [0.1, 0.15) is 12.8 Å². The van der Waals surface area contributed by atoms with Gasteiger partial charge in [-0.3, -0.25) is 9.59 Å². The van der Waals surface area contributed by atoms with E-state index in [2.05, 4.69) is 10.2 Å². The highest BCUT2D eigenvalue weighted by molar-refractivity contribution is 6.34. The molecule has 2 fully saturated rings. The second kappa shape index (κ2) is 4.82. The lowest BCUT2D eigenvalue weighted by Gasteiger charge is -2.32. The van der Waals surface area contributed by atoms with Gasteiger partial charge in [-0.25, -0.2) is 0 Å². The summed E-state index contributed by atoms with van der Waals surface area (Å²) >= 11 is 0. The van der Waals surface area contributed by atoms with Crippen molar-refractivity contribution < 1.29 is 9.59 Å². The molecular weight excluding hydrogens is 206 g/mol. The third kappa shape index (κ3) is 2.35. The molecule has 1 atom stereocenters. The van der Waals surface area contributed by atoms with E-state index in [9.17, 15) is 9.59 Å². The Bertz CT molecular complexity index is 289. The van der Waals surface area contributed by atoms with Crippen molar-refractivity contribution in [1.29, 1.82) is 0 Å². The van der Waals surface area contributed by atoms with Crippen molar-refractivity contribution in [3.63, 3.8) is 0 Å². The maximum Gasteiger partial charge on any atom is 0.311 e. The third-order valence-electron chi connectivity index (χ3n) is 3.46. The van der Waals surface area contributed by atoms with E-state index in [4.69, 9.17) is 0 Å². The summed E-state index contributed by atoms with van der Waals surface area (Å²) in [5.41, 5.74) is 0. The van der Waals surface area contributed by atoms with Gasteiger partial charge in [0, 0.05) is 26.7 Å². The SMILES string of the molecule is CNC(=O)C(=O)N1CC[C@@H](CN2CCC2)C1. The minimum Gasteiger partial charge on any atom is -0.351 e. The molecule has 2 aliphatic heterocycles. The number of hydrogen-bond acceptors (Lipinski definition) is 3.